The summed E-state index contributed by atoms with van der Waals surface area (Å²) in [7, 11) is 0. The summed E-state index contributed by atoms with van der Waals surface area (Å²) in [5, 5.41) is 1.33. The number of fused-ring (bicyclic) bond motifs is 2. The van der Waals surface area contributed by atoms with Crippen LogP contribution in [0.5, 0.6) is 11.5 Å². The van der Waals surface area contributed by atoms with Crippen LogP contribution in [0, 0.1) is 0 Å². The van der Waals surface area contributed by atoms with E-state index in [2.05, 4.69) is 42.2 Å². The van der Waals surface area contributed by atoms with Crippen molar-refractivity contribution in [3.05, 3.63) is 47.5 Å². The van der Waals surface area contributed by atoms with Crippen LogP contribution >= 0.6 is 0 Å². The van der Waals surface area contributed by atoms with E-state index in [1.807, 2.05) is 6.07 Å². The highest BCUT2D eigenvalue weighted by atomic mass is 16.6. The third kappa shape index (κ3) is 3.17. The van der Waals surface area contributed by atoms with E-state index in [1.54, 1.807) is 0 Å². The van der Waals surface area contributed by atoms with Crippen LogP contribution in [0.2, 0.25) is 0 Å². The van der Waals surface area contributed by atoms with Gasteiger partial charge in [0, 0.05) is 22.2 Å². The monoisotopic (exact) mass is 350 g/mol. The van der Waals surface area contributed by atoms with E-state index >= 15 is 0 Å². The predicted molar refractivity (Wildman–Crippen MR) is 106 cm³/mol. The molecule has 3 N–H and O–H groups in total. The highest BCUT2D eigenvalue weighted by molar-refractivity contribution is 5.91. The normalized spacial score (nSPS) is 13.3. The fraction of sp³-hybridized carbons (Fsp3) is 0.364. The Morgan fingerprint density at radius 3 is 2.65 bits per heavy atom. The van der Waals surface area contributed by atoms with Crippen molar-refractivity contribution >= 4 is 10.9 Å². The maximum absolute atomic E-state index is 5.78. The number of aromatic amines is 1. The first-order valence-electron chi connectivity index (χ1n) is 9.53. The smallest absolute Gasteiger partial charge is 0.162 e. The van der Waals surface area contributed by atoms with Gasteiger partial charge in [-0.25, -0.2) is 0 Å². The number of hydrogen-bond acceptors (Lipinski definition) is 3. The van der Waals surface area contributed by atoms with Crippen LogP contribution in [0.4, 0.5) is 0 Å². The molecule has 4 nitrogen and oxygen atoms in total. The lowest BCUT2D eigenvalue weighted by molar-refractivity contribution is 0.171. The summed E-state index contributed by atoms with van der Waals surface area (Å²) in [4.78, 5) is 3.64. The molecule has 0 atom stereocenters. The number of ether oxygens (including phenoxy) is 2. The van der Waals surface area contributed by atoms with Crippen molar-refractivity contribution in [3.63, 3.8) is 0 Å². The van der Waals surface area contributed by atoms with Gasteiger partial charge in [-0.2, -0.15) is 0 Å². The average Bonchev–Trinajstić information content (AvgIpc) is 3.05. The number of aryl methyl sites for hydroxylation is 2. The summed E-state index contributed by atoms with van der Waals surface area (Å²) in [6.07, 6.45) is 4.20. The molecule has 0 radical (unpaired) electrons. The molecule has 26 heavy (non-hydrogen) atoms. The summed E-state index contributed by atoms with van der Waals surface area (Å²) in [6.45, 7) is 4.15. The van der Waals surface area contributed by atoms with Gasteiger partial charge in [-0.3, -0.25) is 0 Å². The Kier molecular flexibility index (Phi) is 4.85. The molecule has 2 aromatic carbocycles. The maximum Gasteiger partial charge on any atom is 0.162 e. The molecule has 4 rings (SSSR count). The van der Waals surface area contributed by atoms with Crippen LogP contribution in [0.15, 0.2) is 36.4 Å². The first-order valence-corrected chi connectivity index (χ1v) is 9.53. The molecular weight excluding hydrogens is 324 g/mol. The Balaban J connectivity index is 1.81. The number of benzene rings is 2. The Labute approximate surface area is 154 Å². The Morgan fingerprint density at radius 2 is 1.85 bits per heavy atom. The molecule has 0 saturated carbocycles. The van der Waals surface area contributed by atoms with Crippen LogP contribution < -0.4 is 15.2 Å². The van der Waals surface area contributed by atoms with E-state index in [4.69, 9.17) is 15.2 Å². The first kappa shape index (κ1) is 17.0. The summed E-state index contributed by atoms with van der Waals surface area (Å²) < 4.78 is 11.4. The van der Waals surface area contributed by atoms with Crippen molar-refractivity contribution in [2.45, 2.75) is 32.6 Å². The molecule has 2 heterocycles. The van der Waals surface area contributed by atoms with Crippen molar-refractivity contribution in [1.29, 1.82) is 0 Å². The molecule has 0 saturated heterocycles. The Hall–Kier alpha value is -2.46. The molecule has 0 bridgehead atoms. The largest absolute Gasteiger partial charge is 0.486 e. The molecule has 3 aromatic rings. The molecule has 1 aromatic heterocycles. The minimum atomic E-state index is 0.604. The highest BCUT2D eigenvalue weighted by Gasteiger charge is 2.17. The molecule has 0 unspecified atom stereocenters. The second-order valence-electron chi connectivity index (χ2n) is 6.82. The fourth-order valence-electron chi connectivity index (χ4n) is 3.67. The molecule has 1 aliphatic rings. The third-order valence-electron chi connectivity index (χ3n) is 5.09. The van der Waals surface area contributed by atoms with E-state index in [0.717, 1.165) is 49.3 Å². The lowest BCUT2D eigenvalue weighted by atomic mass is 9.98. The van der Waals surface area contributed by atoms with Gasteiger partial charge >= 0.3 is 0 Å². The Morgan fingerprint density at radius 1 is 1.00 bits per heavy atom. The topological polar surface area (TPSA) is 60.3 Å². The molecule has 1 aliphatic heterocycles. The second kappa shape index (κ2) is 7.42. The highest BCUT2D eigenvalue weighted by Crippen LogP contribution is 2.38. The molecule has 4 heteroatoms. The zero-order chi connectivity index (χ0) is 17.9. The zero-order valence-electron chi connectivity index (χ0n) is 15.3. The van der Waals surface area contributed by atoms with E-state index in [0.29, 0.717) is 13.2 Å². The molecule has 0 fully saturated rings. The van der Waals surface area contributed by atoms with Crippen LogP contribution in [-0.2, 0) is 12.8 Å². The fourth-order valence-corrected chi connectivity index (χ4v) is 3.67. The van der Waals surface area contributed by atoms with Gasteiger partial charge < -0.3 is 20.2 Å². The first-order chi connectivity index (χ1) is 12.8. The van der Waals surface area contributed by atoms with Crippen molar-refractivity contribution < 1.29 is 9.47 Å². The number of unbranched alkanes of at least 4 members (excludes halogenated alkanes) is 1. The van der Waals surface area contributed by atoms with Crippen molar-refractivity contribution in [2.75, 3.05) is 19.8 Å². The van der Waals surface area contributed by atoms with E-state index in [9.17, 15) is 0 Å². The van der Waals surface area contributed by atoms with Crippen molar-refractivity contribution in [3.8, 4) is 22.8 Å². The van der Waals surface area contributed by atoms with Gasteiger partial charge in [-0.05, 0) is 73.7 Å². The predicted octanol–water partition coefficient (Wildman–Crippen LogP) is 4.45. The number of aromatic nitrogens is 1. The van der Waals surface area contributed by atoms with Crippen molar-refractivity contribution in [1.82, 2.24) is 4.98 Å². The maximum atomic E-state index is 5.78. The van der Waals surface area contributed by atoms with Gasteiger partial charge in [0.1, 0.15) is 13.2 Å². The standard InChI is InChI=1S/C22H26N2O2/c1-2-15-6-8-19-18(13-15)17(5-3-4-10-23)22(24-19)16-7-9-20-21(14-16)26-12-11-25-20/h6-9,13-14,24H,2-5,10-12,23H2,1H3. The summed E-state index contributed by atoms with van der Waals surface area (Å²) in [6, 6.07) is 12.9. The molecule has 0 amide bonds. The summed E-state index contributed by atoms with van der Waals surface area (Å²) in [5.74, 6) is 1.66. The number of rotatable bonds is 6. The lowest BCUT2D eigenvalue weighted by Gasteiger charge is -2.19. The molecule has 0 aliphatic carbocycles. The summed E-state index contributed by atoms with van der Waals surface area (Å²) >= 11 is 0. The van der Waals surface area contributed by atoms with Crippen LogP contribution in [0.1, 0.15) is 30.9 Å². The van der Waals surface area contributed by atoms with Crippen LogP contribution in [-0.4, -0.2) is 24.7 Å². The number of hydrogen-bond donors (Lipinski definition) is 2. The number of nitrogens with one attached hydrogen (secondary N) is 1. The van der Waals surface area contributed by atoms with E-state index < -0.39 is 0 Å². The van der Waals surface area contributed by atoms with E-state index in [1.165, 1.54) is 27.7 Å². The van der Waals surface area contributed by atoms with Gasteiger partial charge in [-0.1, -0.05) is 13.0 Å². The van der Waals surface area contributed by atoms with Gasteiger partial charge in [0.2, 0.25) is 0 Å². The van der Waals surface area contributed by atoms with Gasteiger partial charge in [0.05, 0.1) is 0 Å². The zero-order valence-corrected chi connectivity index (χ0v) is 15.3. The van der Waals surface area contributed by atoms with Crippen LogP contribution in [0.25, 0.3) is 22.2 Å². The van der Waals surface area contributed by atoms with Gasteiger partial charge in [0.15, 0.2) is 11.5 Å². The number of nitrogens with two attached hydrogens (primary N) is 1. The van der Waals surface area contributed by atoms with Crippen molar-refractivity contribution in [2.24, 2.45) is 5.73 Å². The van der Waals surface area contributed by atoms with Crippen LogP contribution in [0.3, 0.4) is 0 Å². The molecule has 136 valence electrons. The quantitative estimate of drug-likeness (QED) is 0.646. The number of H-pyrrole nitrogens is 1. The lowest BCUT2D eigenvalue weighted by Crippen LogP contribution is -2.15. The average molecular weight is 350 g/mol. The van der Waals surface area contributed by atoms with Gasteiger partial charge in [-0.15, -0.1) is 0 Å². The van der Waals surface area contributed by atoms with Gasteiger partial charge in [0.25, 0.3) is 0 Å². The minimum Gasteiger partial charge on any atom is -0.486 e. The Bertz CT molecular complexity index is 914. The molecule has 0 spiro atoms. The minimum absolute atomic E-state index is 0.604. The second-order valence-corrected chi connectivity index (χ2v) is 6.82. The third-order valence-corrected chi connectivity index (χ3v) is 5.09. The SMILES string of the molecule is CCc1ccc2[nH]c(-c3ccc4c(c3)OCCO4)c(CCCCN)c2c1. The van der Waals surface area contributed by atoms with E-state index in [-0.39, 0.29) is 0 Å². The summed E-state index contributed by atoms with van der Waals surface area (Å²) in [5.41, 5.74) is 12.0. The molecular formula is C22H26N2O2.